The second kappa shape index (κ2) is 6.48. The lowest BCUT2D eigenvalue weighted by Gasteiger charge is -2.03. The van der Waals surface area contributed by atoms with Crippen LogP contribution in [-0.4, -0.2) is 25.5 Å². The molecule has 1 amide bonds. The van der Waals surface area contributed by atoms with Crippen molar-refractivity contribution in [2.45, 2.75) is 26.9 Å². The molecule has 6 heteroatoms. The number of hydrogen-bond donors (Lipinski definition) is 1. The third-order valence-electron chi connectivity index (χ3n) is 3.57. The van der Waals surface area contributed by atoms with Crippen molar-refractivity contribution in [1.29, 1.82) is 0 Å². The number of nitrogens with one attached hydrogen (secondary N) is 1. The Bertz CT molecular complexity index is 801. The summed E-state index contributed by atoms with van der Waals surface area (Å²) >= 11 is 0. The van der Waals surface area contributed by atoms with Gasteiger partial charge in [0.1, 0.15) is 0 Å². The maximum Gasteiger partial charge on any atom is 0.260 e. The lowest BCUT2D eigenvalue weighted by molar-refractivity contribution is 0.102. The summed E-state index contributed by atoms with van der Waals surface area (Å²) < 4.78 is 3.51. The summed E-state index contributed by atoms with van der Waals surface area (Å²) in [6, 6.07) is 10.1. The van der Waals surface area contributed by atoms with Gasteiger partial charge < -0.3 is 5.32 Å². The summed E-state index contributed by atoms with van der Waals surface area (Å²) in [5.74, 6) is 0.330. The molecule has 0 aliphatic rings. The highest BCUT2D eigenvalue weighted by molar-refractivity contribution is 6.03. The summed E-state index contributed by atoms with van der Waals surface area (Å²) in [4.78, 5) is 12.1. The smallest absolute Gasteiger partial charge is 0.260 e. The van der Waals surface area contributed by atoms with Crippen molar-refractivity contribution < 1.29 is 4.79 Å². The number of carbonyl (C=O) groups is 1. The number of aromatic nitrogens is 4. The van der Waals surface area contributed by atoms with E-state index in [0.717, 1.165) is 6.54 Å². The van der Waals surface area contributed by atoms with Gasteiger partial charge >= 0.3 is 0 Å². The minimum absolute atomic E-state index is 0.203. The van der Waals surface area contributed by atoms with Crippen LogP contribution in [0, 0.1) is 6.92 Å². The maximum absolute atomic E-state index is 12.1. The molecule has 118 valence electrons. The standard InChI is InChI=1S/C17H19N5O/c1-3-21-12-15(10-18-21)17(23)19-16-8-9-22(20-16)11-14-6-4-13(2)5-7-14/h4-10,12H,3,11H2,1-2H3,(H,19,20,23). The lowest BCUT2D eigenvalue weighted by atomic mass is 10.1. The molecule has 2 heterocycles. The van der Waals surface area contributed by atoms with Gasteiger partial charge in [-0.25, -0.2) is 0 Å². The van der Waals surface area contributed by atoms with Gasteiger partial charge in [-0.15, -0.1) is 0 Å². The summed E-state index contributed by atoms with van der Waals surface area (Å²) in [6.45, 7) is 5.44. The van der Waals surface area contributed by atoms with E-state index in [1.807, 2.05) is 13.1 Å². The van der Waals surface area contributed by atoms with Crippen molar-refractivity contribution in [3.8, 4) is 0 Å². The van der Waals surface area contributed by atoms with Crippen molar-refractivity contribution in [3.05, 3.63) is 65.6 Å². The second-order valence-electron chi connectivity index (χ2n) is 5.42. The van der Waals surface area contributed by atoms with Crippen LogP contribution in [0.5, 0.6) is 0 Å². The number of nitrogens with zero attached hydrogens (tertiary/aromatic N) is 4. The summed E-state index contributed by atoms with van der Waals surface area (Å²) in [6.07, 6.45) is 5.13. The Morgan fingerprint density at radius 1 is 1.17 bits per heavy atom. The normalized spacial score (nSPS) is 10.7. The number of benzene rings is 1. The fraction of sp³-hybridized carbons (Fsp3) is 0.235. The van der Waals surface area contributed by atoms with Gasteiger partial charge in [0.25, 0.3) is 5.91 Å². The molecule has 23 heavy (non-hydrogen) atoms. The van der Waals surface area contributed by atoms with E-state index in [4.69, 9.17) is 0 Å². The molecule has 0 atom stereocenters. The van der Waals surface area contributed by atoms with E-state index in [0.29, 0.717) is 17.9 Å². The molecule has 0 aliphatic heterocycles. The molecule has 0 bridgehead atoms. The molecule has 1 aromatic carbocycles. The fourth-order valence-electron chi connectivity index (χ4n) is 2.24. The highest BCUT2D eigenvalue weighted by atomic mass is 16.1. The van der Waals surface area contributed by atoms with Gasteiger partial charge in [0.2, 0.25) is 0 Å². The van der Waals surface area contributed by atoms with Crippen molar-refractivity contribution in [1.82, 2.24) is 19.6 Å². The van der Waals surface area contributed by atoms with Crippen LogP contribution in [-0.2, 0) is 13.1 Å². The topological polar surface area (TPSA) is 64.7 Å². The minimum Gasteiger partial charge on any atom is -0.305 e. The molecule has 0 fully saturated rings. The van der Waals surface area contributed by atoms with Crippen LogP contribution in [0.25, 0.3) is 0 Å². The minimum atomic E-state index is -0.203. The van der Waals surface area contributed by atoms with Crippen LogP contribution in [0.2, 0.25) is 0 Å². The van der Waals surface area contributed by atoms with Crippen molar-refractivity contribution in [2.75, 3.05) is 5.32 Å². The van der Waals surface area contributed by atoms with E-state index in [1.54, 1.807) is 27.8 Å². The molecule has 1 N–H and O–H groups in total. The van der Waals surface area contributed by atoms with E-state index in [2.05, 4.69) is 46.7 Å². The first-order valence-electron chi connectivity index (χ1n) is 7.57. The number of aryl methyl sites for hydroxylation is 2. The van der Waals surface area contributed by atoms with Gasteiger partial charge in [0, 0.05) is 25.0 Å². The Kier molecular flexibility index (Phi) is 4.23. The van der Waals surface area contributed by atoms with Crippen LogP contribution >= 0.6 is 0 Å². The van der Waals surface area contributed by atoms with Gasteiger partial charge in [0.05, 0.1) is 18.3 Å². The van der Waals surface area contributed by atoms with Crippen molar-refractivity contribution in [2.24, 2.45) is 0 Å². The van der Waals surface area contributed by atoms with Crippen molar-refractivity contribution >= 4 is 11.7 Å². The molecule has 3 rings (SSSR count). The summed E-state index contributed by atoms with van der Waals surface area (Å²) in [5, 5.41) is 11.3. The molecule has 6 nitrogen and oxygen atoms in total. The quantitative estimate of drug-likeness (QED) is 0.788. The predicted octanol–water partition coefficient (Wildman–Crippen LogP) is 2.71. The zero-order chi connectivity index (χ0) is 16.2. The zero-order valence-electron chi connectivity index (χ0n) is 13.2. The Hall–Kier alpha value is -2.89. The first-order valence-corrected chi connectivity index (χ1v) is 7.57. The fourth-order valence-corrected chi connectivity index (χ4v) is 2.24. The SMILES string of the molecule is CCn1cc(C(=O)Nc2ccn(Cc3ccc(C)cc3)n2)cn1. The van der Waals surface area contributed by atoms with Gasteiger partial charge in [-0.05, 0) is 19.4 Å². The Labute approximate surface area is 134 Å². The summed E-state index contributed by atoms with van der Waals surface area (Å²) in [5.41, 5.74) is 2.93. The van der Waals surface area contributed by atoms with E-state index in [1.165, 1.54) is 11.1 Å². The molecule has 0 spiro atoms. The number of amides is 1. The van der Waals surface area contributed by atoms with Gasteiger partial charge in [-0.3, -0.25) is 14.2 Å². The molecule has 0 saturated carbocycles. The second-order valence-corrected chi connectivity index (χ2v) is 5.42. The molecular weight excluding hydrogens is 290 g/mol. The van der Waals surface area contributed by atoms with Gasteiger partial charge in [-0.2, -0.15) is 10.2 Å². The van der Waals surface area contributed by atoms with Gasteiger partial charge in [0.15, 0.2) is 5.82 Å². The zero-order valence-corrected chi connectivity index (χ0v) is 13.2. The van der Waals surface area contributed by atoms with E-state index >= 15 is 0 Å². The number of anilines is 1. The van der Waals surface area contributed by atoms with E-state index in [9.17, 15) is 4.79 Å². The van der Waals surface area contributed by atoms with Crippen LogP contribution in [0.15, 0.2) is 48.9 Å². The molecule has 0 radical (unpaired) electrons. The Morgan fingerprint density at radius 2 is 1.96 bits per heavy atom. The average molecular weight is 309 g/mol. The predicted molar refractivity (Wildman–Crippen MR) is 88.4 cm³/mol. The van der Waals surface area contributed by atoms with Gasteiger partial charge in [-0.1, -0.05) is 29.8 Å². The van der Waals surface area contributed by atoms with Crippen LogP contribution in [0.1, 0.15) is 28.4 Å². The first-order chi connectivity index (χ1) is 11.1. The molecular formula is C17H19N5O. The summed E-state index contributed by atoms with van der Waals surface area (Å²) in [7, 11) is 0. The van der Waals surface area contributed by atoms with E-state index in [-0.39, 0.29) is 5.91 Å². The highest BCUT2D eigenvalue weighted by Gasteiger charge is 2.10. The number of hydrogen-bond acceptors (Lipinski definition) is 3. The van der Waals surface area contributed by atoms with Crippen LogP contribution in [0.3, 0.4) is 0 Å². The molecule has 0 aliphatic carbocycles. The lowest BCUT2D eigenvalue weighted by Crippen LogP contribution is -2.12. The third kappa shape index (κ3) is 3.66. The van der Waals surface area contributed by atoms with Crippen LogP contribution in [0.4, 0.5) is 5.82 Å². The average Bonchev–Trinajstić information content (AvgIpc) is 3.19. The molecule has 2 aromatic heterocycles. The number of carbonyl (C=O) groups excluding carboxylic acids is 1. The number of rotatable bonds is 5. The molecule has 3 aromatic rings. The third-order valence-corrected chi connectivity index (χ3v) is 3.57. The Balaban J connectivity index is 1.64. The Morgan fingerprint density at radius 3 is 2.65 bits per heavy atom. The monoisotopic (exact) mass is 309 g/mol. The highest BCUT2D eigenvalue weighted by Crippen LogP contribution is 2.09. The van der Waals surface area contributed by atoms with Crippen LogP contribution < -0.4 is 5.32 Å². The van der Waals surface area contributed by atoms with Crippen molar-refractivity contribution in [3.63, 3.8) is 0 Å². The molecule has 0 unspecified atom stereocenters. The maximum atomic E-state index is 12.1. The van der Waals surface area contributed by atoms with E-state index < -0.39 is 0 Å². The largest absolute Gasteiger partial charge is 0.305 e. The molecule has 0 saturated heterocycles. The first kappa shape index (κ1) is 15.0.